The van der Waals surface area contributed by atoms with Gasteiger partial charge in [0.05, 0.1) is 6.54 Å². The summed E-state index contributed by atoms with van der Waals surface area (Å²) >= 11 is 0. The summed E-state index contributed by atoms with van der Waals surface area (Å²) < 4.78 is 5.16. The highest BCUT2D eigenvalue weighted by molar-refractivity contribution is 5.96. The molecule has 2 aromatic rings. The van der Waals surface area contributed by atoms with Crippen LogP contribution in [-0.4, -0.2) is 24.1 Å². The molecule has 22 heavy (non-hydrogen) atoms. The molecule has 0 spiro atoms. The van der Waals surface area contributed by atoms with Gasteiger partial charge in [-0.1, -0.05) is 12.0 Å². The summed E-state index contributed by atoms with van der Waals surface area (Å²) in [6, 6.07) is 11.1. The quantitative estimate of drug-likeness (QED) is 0.796. The summed E-state index contributed by atoms with van der Waals surface area (Å²) in [6.07, 6.45) is 8.32. The maximum absolute atomic E-state index is 12.6. The largest absolute Gasteiger partial charge is 0.372 e. The molecule has 0 aliphatic heterocycles. The van der Waals surface area contributed by atoms with E-state index in [1.807, 2.05) is 36.4 Å². The third-order valence-corrected chi connectivity index (χ3v) is 3.38. The maximum Gasteiger partial charge on any atom is 0.256 e. The van der Waals surface area contributed by atoms with Crippen LogP contribution in [0, 0.1) is 12.3 Å². The molecule has 1 atom stereocenters. The number of hydrogen-bond donors (Lipinski definition) is 0. The average molecular weight is 294 g/mol. The van der Waals surface area contributed by atoms with Crippen LogP contribution >= 0.6 is 0 Å². The minimum Gasteiger partial charge on any atom is -0.372 e. The van der Waals surface area contributed by atoms with Crippen LogP contribution in [0.5, 0.6) is 0 Å². The van der Waals surface area contributed by atoms with E-state index in [2.05, 4.69) is 10.9 Å². The molecule has 0 bridgehead atoms. The number of rotatable bonds is 5. The smallest absolute Gasteiger partial charge is 0.256 e. The first-order chi connectivity index (χ1) is 10.7. The first-order valence-corrected chi connectivity index (χ1v) is 6.95. The van der Waals surface area contributed by atoms with Gasteiger partial charge in [0.15, 0.2) is 0 Å². The number of pyridine rings is 1. The molecule has 0 saturated heterocycles. The predicted octanol–water partition coefficient (Wildman–Crippen LogP) is 2.63. The third kappa shape index (κ3) is 3.72. The molecular weight excluding hydrogens is 276 g/mol. The van der Waals surface area contributed by atoms with Crippen LogP contribution in [-0.2, 0) is 16.1 Å². The maximum atomic E-state index is 12.6. The van der Waals surface area contributed by atoms with Crippen molar-refractivity contribution in [2.45, 2.75) is 19.6 Å². The first kappa shape index (κ1) is 15.7. The van der Waals surface area contributed by atoms with Crippen LogP contribution in [0.3, 0.4) is 0 Å². The zero-order valence-corrected chi connectivity index (χ0v) is 12.7. The van der Waals surface area contributed by atoms with Crippen molar-refractivity contribution in [3.63, 3.8) is 0 Å². The van der Waals surface area contributed by atoms with Gasteiger partial charge in [0, 0.05) is 30.8 Å². The zero-order valence-electron chi connectivity index (χ0n) is 12.7. The number of ether oxygens (including phenoxy) is 1. The Hall–Kier alpha value is -2.64. The molecule has 0 aliphatic carbocycles. The molecular formula is C18H18N2O2. The van der Waals surface area contributed by atoms with Gasteiger partial charge in [0.25, 0.3) is 5.91 Å². The van der Waals surface area contributed by atoms with Crippen molar-refractivity contribution in [1.82, 2.24) is 4.98 Å². The lowest BCUT2D eigenvalue weighted by Crippen LogP contribution is -2.38. The number of hydrogen-bond acceptors (Lipinski definition) is 3. The SMILES string of the molecule is C#Cc1cccc(N(Cc2ccncc2)C(=O)C(C)OC)c1. The molecule has 1 aromatic carbocycles. The van der Waals surface area contributed by atoms with Crippen molar-refractivity contribution in [1.29, 1.82) is 0 Å². The molecule has 0 aliphatic rings. The van der Waals surface area contributed by atoms with E-state index in [1.54, 1.807) is 24.2 Å². The number of carbonyl (C=O) groups is 1. The number of benzene rings is 1. The van der Waals surface area contributed by atoms with E-state index in [0.717, 1.165) is 16.8 Å². The molecule has 0 fully saturated rings. The minimum absolute atomic E-state index is 0.117. The predicted molar refractivity (Wildman–Crippen MR) is 86.3 cm³/mol. The van der Waals surface area contributed by atoms with Crippen LogP contribution in [0.25, 0.3) is 0 Å². The number of methoxy groups -OCH3 is 1. The Morgan fingerprint density at radius 2 is 2.09 bits per heavy atom. The number of aromatic nitrogens is 1. The molecule has 0 saturated carbocycles. The van der Waals surface area contributed by atoms with Gasteiger partial charge in [-0.05, 0) is 42.8 Å². The topological polar surface area (TPSA) is 42.4 Å². The Morgan fingerprint density at radius 1 is 1.36 bits per heavy atom. The van der Waals surface area contributed by atoms with Crippen LogP contribution in [0.15, 0.2) is 48.8 Å². The highest BCUT2D eigenvalue weighted by Crippen LogP contribution is 2.20. The highest BCUT2D eigenvalue weighted by Gasteiger charge is 2.22. The fourth-order valence-electron chi connectivity index (χ4n) is 2.05. The fourth-order valence-corrected chi connectivity index (χ4v) is 2.05. The van der Waals surface area contributed by atoms with E-state index in [0.29, 0.717) is 6.54 Å². The van der Waals surface area contributed by atoms with E-state index in [9.17, 15) is 4.79 Å². The van der Waals surface area contributed by atoms with E-state index < -0.39 is 6.10 Å². The van der Waals surface area contributed by atoms with E-state index >= 15 is 0 Å². The van der Waals surface area contributed by atoms with Gasteiger partial charge in [0.1, 0.15) is 6.10 Å². The second-order valence-electron chi connectivity index (χ2n) is 4.85. The number of carbonyl (C=O) groups excluding carboxylic acids is 1. The Morgan fingerprint density at radius 3 is 2.73 bits per heavy atom. The summed E-state index contributed by atoms with van der Waals surface area (Å²) in [5.74, 6) is 2.47. The summed E-state index contributed by atoms with van der Waals surface area (Å²) in [6.45, 7) is 2.16. The van der Waals surface area contributed by atoms with Crippen LogP contribution in [0.2, 0.25) is 0 Å². The molecule has 2 rings (SSSR count). The third-order valence-electron chi connectivity index (χ3n) is 3.38. The number of terminal acetylenes is 1. The Bertz CT molecular complexity index is 677. The molecule has 0 N–H and O–H groups in total. The van der Waals surface area contributed by atoms with Gasteiger partial charge in [0.2, 0.25) is 0 Å². The standard InChI is InChI=1S/C18H18N2O2/c1-4-15-6-5-7-17(12-15)20(18(21)14(2)22-3)13-16-8-10-19-11-9-16/h1,5-12,14H,13H2,2-3H3. The summed E-state index contributed by atoms with van der Waals surface area (Å²) in [7, 11) is 1.52. The lowest BCUT2D eigenvalue weighted by Gasteiger charge is -2.25. The van der Waals surface area contributed by atoms with Crippen molar-refractivity contribution >= 4 is 11.6 Å². The lowest BCUT2D eigenvalue weighted by molar-refractivity contribution is -0.127. The molecule has 1 heterocycles. The van der Waals surface area contributed by atoms with Gasteiger partial charge in [-0.2, -0.15) is 0 Å². The van der Waals surface area contributed by atoms with E-state index in [4.69, 9.17) is 11.2 Å². The molecule has 1 amide bonds. The van der Waals surface area contributed by atoms with Crippen LogP contribution < -0.4 is 4.90 Å². The Balaban J connectivity index is 2.36. The highest BCUT2D eigenvalue weighted by atomic mass is 16.5. The first-order valence-electron chi connectivity index (χ1n) is 6.95. The normalized spacial score (nSPS) is 11.5. The van der Waals surface area contributed by atoms with Crippen LogP contribution in [0.4, 0.5) is 5.69 Å². The van der Waals surface area contributed by atoms with Crippen molar-refractivity contribution < 1.29 is 9.53 Å². The zero-order chi connectivity index (χ0) is 15.9. The Labute approximate surface area is 130 Å². The van der Waals surface area contributed by atoms with Gasteiger partial charge < -0.3 is 9.64 Å². The van der Waals surface area contributed by atoms with Crippen molar-refractivity contribution in [3.8, 4) is 12.3 Å². The summed E-state index contributed by atoms with van der Waals surface area (Å²) in [5, 5.41) is 0. The molecule has 4 nitrogen and oxygen atoms in total. The monoisotopic (exact) mass is 294 g/mol. The van der Waals surface area contributed by atoms with Crippen LogP contribution in [0.1, 0.15) is 18.1 Å². The van der Waals surface area contributed by atoms with Gasteiger partial charge in [-0.25, -0.2) is 0 Å². The number of nitrogens with zero attached hydrogens (tertiary/aromatic N) is 2. The molecule has 112 valence electrons. The lowest BCUT2D eigenvalue weighted by atomic mass is 10.1. The van der Waals surface area contributed by atoms with Crippen molar-refractivity contribution in [2.75, 3.05) is 12.0 Å². The number of anilines is 1. The van der Waals surface area contributed by atoms with Crippen molar-refractivity contribution in [3.05, 3.63) is 59.9 Å². The van der Waals surface area contributed by atoms with Crippen molar-refractivity contribution in [2.24, 2.45) is 0 Å². The minimum atomic E-state index is -0.531. The Kier molecular flexibility index (Phi) is 5.29. The molecule has 1 unspecified atom stereocenters. The number of amides is 1. The molecule has 0 radical (unpaired) electrons. The second kappa shape index (κ2) is 7.39. The van der Waals surface area contributed by atoms with Gasteiger partial charge in [-0.15, -0.1) is 6.42 Å². The van der Waals surface area contributed by atoms with Gasteiger partial charge >= 0.3 is 0 Å². The molecule has 4 heteroatoms. The second-order valence-corrected chi connectivity index (χ2v) is 4.85. The fraction of sp³-hybridized carbons (Fsp3) is 0.222. The van der Waals surface area contributed by atoms with E-state index in [1.165, 1.54) is 7.11 Å². The summed E-state index contributed by atoms with van der Waals surface area (Å²) in [4.78, 5) is 18.3. The summed E-state index contributed by atoms with van der Waals surface area (Å²) in [5.41, 5.74) is 2.47. The van der Waals surface area contributed by atoms with Gasteiger partial charge in [-0.3, -0.25) is 9.78 Å². The average Bonchev–Trinajstić information content (AvgIpc) is 2.59. The van der Waals surface area contributed by atoms with E-state index in [-0.39, 0.29) is 5.91 Å². The molecule has 1 aromatic heterocycles.